The average Bonchev–Trinajstić information content (AvgIpc) is 2.41. The lowest BCUT2D eigenvalue weighted by atomic mass is 9.96. The van der Waals surface area contributed by atoms with E-state index < -0.39 is 0 Å². The molecule has 2 heterocycles. The first-order valence-corrected chi connectivity index (χ1v) is 6.38. The monoisotopic (exact) mass is 311 g/mol. The zero-order chi connectivity index (χ0) is 12.2. The van der Waals surface area contributed by atoms with Crippen LogP contribution in [0.2, 0.25) is 0 Å². The molecule has 0 saturated heterocycles. The third-order valence-electron chi connectivity index (χ3n) is 3.32. The van der Waals surface area contributed by atoms with Gasteiger partial charge in [-0.2, -0.15) is 0 Å². The predicted molar refractivity (Wildman–Crippen MR) is 86.7 cm³/mol. The smallest absolute Gasteiger partial charge is 0.0755 e. The predicted octanol–water partition coefficient (Wildman–Crippen LogP) is 2.71. The van der Waals surface area contributed by atoms with Crippen molar-refractivity contribution in [2.45, 2.75) is 12.6 Å². The van der Waals surface area contributed by atoms with E-state index in [9.17, 15) is 0 Å². The van der Waals surface area contributed by atoms with E-state index in [0.717, 1.165) is 25.3 Å². The van der Waals surface area contributed by atoms with Crippen LogP contribution in [0.25, 0.3) is 0 Å². The largest absolute Gasteiger partial charge is 0.311 e. The number of benzene rings is 1. The highest BCUT2D eigenvalue weighted by atomic mass is 35.5. The Kier molecular flexibility index (Phi) is 6.96. The molecule has 1 aliphatic heterocycles. The van der Waals surface area contributed by atoms with E-state index in [0.29, 0.717) is 0 Å². The summed E-state index contributed by atoms with van der Waals surface area (Å²) in [5.41, 5.74) is 3.76. The van der Waals surface area contributed by atoms with Crippen LogP contribution in [-0.4, -0.2) is 18.1 Å². The van der Waals surface area contributed by atoms with Gasteiger partial charge in [-0.25, -0.2) is 0 Å². The SMILES string of the molecule is Cl.Cl.c1ccc(C2NCCNCc3ccccc32)nc1. The van der Waals surface area contributed by atoms with Gasteiger partial charge in [0.05, 0.1) is 11.7 Å². The van der Waals surface area contributed by atoms with Gasteiger partial charge in [0.2, 0.25) is 0 Å². The maximum Gasteiger partial charge on any atom is 0.0755 e. The van der Waals surface area contributed by atoms with E-state index >= 15 is 0 Å². The number of halogens is 2. The van der Waals surface area contributed by atoms with Crippen LogP contribution in [0.15, 0.2) is 48.7 Å². The minimum Gasteiger partial charge on any atom is -0.311 e. The van der Waals surface area contributed by atoms with Crippen molar-refractivity contribution in [2.75, 3.05) is 13.1 Å². The quantitative estimate of drug-likeness (QED) is 0.850. The summed E-state index contributed by atoms with van der Waals surface area (Å²) in [5, 5.41) is 7.00. The lowest BCUT2D eigenvalue weighted by Gasteiger charge is -2.24. The average molecular weight is 312 g/mol. The fourth-order valence-corrected chi connectivity index (χ4v) is 2.43. The van der Waals surface area contributed by atoms with Gasteiger partial charge in [0, 0.05) is 25.8 Å². The number of hydrogen-bond donors (Lipinski definition) is 2. The summed E-state index contributed by atoms with van der Waals surface area (Å²) in [6.45, 7) is 2.87. The summed E-state index contributed by atoms with van der Waals surface area (Å²) in [6, 6.07) is 14.9. The maximum atomic E-state index is 4.49. The molecule has 1 atom stereocenters. The van der Waals surface area contributed by atoms with Crippen LogP contribution < -0.4 is 10.6 Å². The Morgan fingerprint density at radius 1 is 0.950 bits per heavy atom. The highest BCUT2D eigenvalue weighted by molar-refractivity contribution is 5.85. The molecule has 0 amide bonds. The Bertz CT molecular complexity index is 520. The van der Waals surface area contributed by atoms with Crippen molar-refractivity contribution in [2.24, 2.45) is 0 Å². The van der Waals surface area contributed by atoms with Crippen molar-refractivity contribution < 1.29 is 0 Å². The summed E-state index contributed by atoms with van der Waals surface area (Å²) in [7, 11) is 0. The third-order valence-corrected chi connectivity index (χ3v) is 3.32. The van der Waals surface area contributed by atoms with Crippen LogP contribution in [0.1, 0.15) is 22.9 Å². The van der Waals surface area contributed by atoms with Crippen molar-refractivity contribution in [3.8, 4) is 0 Å². The second-order valence-electron chi connectivity index (χ2n) is 4.52. The number of hydrogen-bond acceptors (Lipinski definition) is 3. The molecule has 1 unspecified atom stereocenters. The lowest BCUT2D eigenvalue weighted by molar-refractivity contribution is 0.531. The van der Waals surface area contributed by atoms with Crippen molar-refractivity contribution in [3.63, 3.8) is 0 Å². The van der Waals surface area contributed by atoms with Crippen LogP contribution in [0.5, 0.6) is 0 Å². The molecular formula is C15H19Cl2N3. The van der Waals surface area contributed by atoms with Gasteiger partial charge < -0.3 is 10.6 Å². The highest BCUT2D eigenvalue weighted by Gasteiger charge is 2.18. The molecule has 1 aromatic heterocycles. The van der Waals surface area contributed by atoms with Gasteiger partial charge in [0.15, 0.2) is 0 Å². The second-order valence-corrected chi connectivity index (χ2v) is 4.52. The minimum absolute atomic E-state index is 0. The molecule has 0 fully saturated rings. The van der Waals surface area contributed by atoms with Gasteiger partial charge in [0.25, 0.3) is 0 Å². The van der Waals surface area contributed by atoms with Gasteiger partial charge in [-0.3, -0.25) is 4.98 Å². The first-order valence-electron chi connectivity index (χ1n) is 6.38. The molecule has 20 heavy (non-hydrogen) atoms. The zero-order valence-corrected chi connectivity index (χ0v) is 12.7. The summed E-state index contributed by atoms with van der Waals surface area (Å²) in [4.78, 5) is 4.49. The first-order chi connectivity index (χ1) is 8.95. The van der Waals surface area contributed by atoms with Gasteiger partial charge >= 0.3 is 0 Å². The molecule has 5 heteroatoms. The molecule has 108 valence electrons. The van der Waals surface area contributed by atoms with Crippen molar-refractivity contribution in [1.82, 2.24) is 15.6 Å². The molecule has 3 nitrogen and oxygen atoms in total. The molecule has 3 rings (SSSR count). The molecule has 0 radical (unpaired) electrons. The number of nitrogens with one attached hydrogen (secondary N) is 2. The van der Waals surface area contributed by atoms with E-state index in [-0.39, 0.29) is 30.9 Å². The van der Waals surface area contributed by atoms with Crippen molar-refractivity contribution in [3.05, 3.63) is 65.5 Å². The Morgan fingerprint density at radius 2 is 1.75 bits per heavy atom. The number of aromatic nitrogens is 1. The number of nitrogens with zero attached hydrogens (tertiary/aromatic N) is 1. The van der Waals surface area contributed by atoms with Gasteiger partial charge in [-0.1, -0.05) is 30.3 Å². The fourth-order valence-electron chi connectivity index (χ4n) is 2.43. The standard InChI is InChI=1S/C15H17N3.2ClH/c1-2-6-13-12(5-1)11-16-9-10-18-15(13)14-7-3-4-8-17-14;;/h1-8,15-16,18H,9-11H2;2*1H. The zero-order valence-electron chi connectivity index (χ0n) is 11.1. The molecule has 0 aliphatic carbocycles. The van der Waals surface area contributed by atoms with Crippen LogP contribution in [0, 0.1) is 0 Å². The van der Waals surface area contributed by atoms with Gasteiger partial charge in [-0.15, -0.1) is 24.8 Å². The molecule has 0 bridgehead atoms. The first kappa shape index (κ1) is 16.9. The molecule has 0 spiro atoms. The fraction of sp³-hybridized carbons (Fsp3) is 0.267. The normalized spacial score (nSPS) is 17.7. The molecule has 0 saturated carbocycles. The van der Waals surface area contributed by atoms with Crippen molar-refractivity contribution >= 4 is 24.8 Å². The van der Waals surface area contributed by atoms with Gasteiger partial charge in [-0.05, 0) is 23.3 Å². The molecular weight excluding hydrogens is 293 g/mol. The molecule has 1 aromatic carbocycles. The summed E-state index contributed by atoms with van der Waals surface area (Å²) in [6.07, 6.45) is 1.86. The van der Waals surface area contributed by atoms with Crippen LogP contribution in [0.3, 0.4) is 0 Å². The van der Waals surface area contributed by atoms with Gasteiger partial charge in [0.1, 0.15) is 0 Å². The van der Waals surface area contributed by atoms with Crippen LogP contribution in [0.4, 0.5) is 0 Å². The number of rotatable bonds is 1. The van der Waals surface area contributed by atoms with Crippen molar-refractivity contribution in [1.29, 1.82) is 0 Å². The molecule has 2 aromatic rings. The Labute approximate surface area is 132 Å². The third kappa shape index (κ3) is 3.70. The van der Waals surface area contributed by atoms with E-state index in [4.69, 9.17) is 0 Å². The van der Waals surface area contributed by atoms with E-state index in [1.165, 1.54) is 11.1 Å². The van der Waals surface area contributed by atoms with E-state index in [1.54, 1.807) is 0 Å². The summed E-state index contributed by atoms with van der Waals surface area (Å²) < 4.78 is 0. The maximum absolute atomic E-state index is 4.49. The van der Waals surface area contributed by atoms with Crippen LogP contribution >= 0.6 is 24.8 Å². The summed E-state index contributed by atoms with van der Waals surface area (Å²) in [5.74, 6) is 0. The lowest BCUT2D eigenvalue weighted by Crippen LogP contribution is -2.34. The van der Waals surface area contributed by atoms with E-state index in [2.05, 4.69) is 45.9 Å². The van der Waals surface area contributed by atoms with E-state index in [1.807, 2.05) is 18.3 Å². The molecule has 2 N–H and O–H groups in total. The minimum atomic E-state index is 0. The molecule has 1 aliphatic rings. The Balaban J connectivity index is 0.000001000. The number of fused-ring (bicyclic) bond motifs is 1. The Hall–Kier alpha value is -1.13. The second kappa shape index (κ2) is 8.22. The summed E-state index contributed by atoms with van der Waals surface area (Å²) >= 11 is 0. The number of pyridine rings is 1. The Morgan fingerprint density at radius 3 is 2.55 bits per heavy atom. The topological polar surface area (TPSA) is 37.0 Å². The highest BCUT2D eigenvalue weighted by Crippen LogP contribution is 2.24. The van der Waals surface area contributed by atoms with Crippen LogP contribution in [-0.2, 0) is 6.54 Å².